The summed E-state index contributed by atoms with van der Waals surface area (Å²) in [7, 11) is -2.58. The largest absolute Gasteiger partial charge is 0.452 e. The van der Waals surface area contributed by atoms with Crippen LogP contribution in [0, 0.1) is 17.2 Å². The van der Waals surface area contributed by atoms with Crippen LogP contribution in [0.3, 0.4) is 0 Å². The molecular formula is C10H22BNO2Si. The molecule has 0 rings (SSSR count). The average molecular weight is 227 g/mol. The van der Waals surface area contributed by atoms with Crippen molar-refractivity contribution in [3.63, 3.8) is 0 Å². The molecule has 86 valence electrons. The quantitative estimate of drug-likeness (QED) is 0.683. The van der Waals surface area contributed by atoms with Gasteiger partial charge in [0.2, 0.25) is 0 Å². The van der Waals surface area contributed by atoms with Crippen LogP contribution in [-0.4, -0.2) is 25.2 Å². The molecule has 0 amide bonds. The summed E-state index contributed by atoms with van der Waals surface area (Å²) < 4.78 is 0. The SMILES string of the molecule is CCC(CC(C#N)CB(O)O)[Si](C)(C)C. The number of nitrogens with zero attached hydrogens (tertiary/aromatic N) is 1. The maximum Gasteiger partial charge on any atom is 0.452 e. The van der Waals surface area contributed by atoms with Crippen molar-refractivity contribution >= 4 is 15.2 Å². The summed E-state index contributed by atoms with van der Waals surface area (Å²) in [5.74, 6) is -0.221. The molecule has 0 spiro atoms. The van der Waals surface area contributed by atoms with Crippen molar-refractivity contribution < 1.29 is 10.0 Å². The van der Waals surface area contributed by atoms with Gasteiger partial charge in [-0.15, -0.1) is 0 Å². The van der Waals surface area contributed by atoms with E-state index in [-0.39, 0.29) is 12.2 Å². The van der Waals surface area contributed by atoms with Crippen molar-refractivity contribution in [2.75, 3.05) is 0 Å². The number of nitriles is 1. The van der Waals surface area contributed by atoms with Crippen LogP contribution in [0.2, 0.25) is 31.5 Å². The second kappa shape index (κ2) is 6.31. The van der Waals surface area contributed by atoms with Crippen LogP contribution in [0.5, 0.6) is 0 Å². The maximum atomic E-state index is 8.93. The van der Waals surface area contributed by atoms with Crippen LogP contribution in [-0.2, 0) is 0 Å². The molecule has 0 saturated carbocycles. The molecule has 0 fully saturated rings. The van der Waals surface area contributed by atoms with E-state index in [2.05, 4.69) is 32.6 Å². The predicted octanol–water partition coefficient (Wildman–Crippen LogP) is 2.11. The van der Waals surface area contributed by atoms with E-state index in [0.29, 0.717) is 5.54 Å². The van der Waals surface area contributed by atoms with Crippen LogP contribution in [0.1, 0.15) is 19.8 Å². The van der Waals surface area contributed by atoms with Crippen LogP contribution in [0.4, 0.5) is 0 Å². The molecule has 0 aliphatic heterocycles. The van der Waals surface area contributed by atoms with Gasteiger partial charge in [0.25, 0.3) is 0 Å². The maximum absolute atomic E-state index is 8.93. The fourth-order valence-corrected chi connectivity index (χ4v) is 4.15. The summed E-state index contributed by atoms with van der Waals surface area (Å²) in [4.78, 5) is 0. The highest BCUT2D eigenvalue weighted by Crippen LogP contribution is 2.33. The minimum atomic E-state index is -1.35. The second-order valence-corrected chi connectivity index (χ2v) is 10.8. The first-order valence-electron chi connectivity index (χ1n) is 5.57. The minimum absolute atomic E-state index is 0.178. The van der Waals surface area contributed by atoms with Crippen molar-refractivity contribution in [1.29, 1.82) is 5.26 Å². The van der Waals surface area contributed by atoms with E-state index in [4.69, 9.17) is 15.3 Å². The summed E-state index contributed by atoms with van der Waals surface area (Å²) in [5.41, 5.74) is 0.584. The monoisotopic (exact) mass is 227 g/mol. The van der Waals surface area contributed by atoms with E-state index < -0.39 is 15.2 Å². The molecule has 0 bridgehead atoms. The molecule has 2 unspecified atom stereocenters. The Bertz CT molecular complexity index is 222. The van der Waals surface area contributed by atoms with Crippen LogP contribution >= 0.6 is 0 Å². The fraction of sp³-hybridized carbons (Fsp3) is 0.900. The molecule has 0 radical (unpaired) electrons. The molecule has 3 nitrogen and oxygen atoms in total. The van der Waals surface area contributed by atoms with Crippen molar-refractivity contribution in [2.24, 2.45) is 5.92 Å². The van der Waals surface area contributed by atoms with Gasteiger partial charge in [-0.25, -0.2) is 0 Å². The molecular weight excluding hydrogens is 205 g/mol. The first-order valence-corrected chi connectivity index (χ1v) is 9.14. The van der Waals surface area contributed by atoms with Gasteiger partial charge < -0.3 is 10.0 Å². The molecule has 0 aromatic carbocycles. The number of hydrogen-bond acceptors (Lipinski definition) is 3. The molecule has 2 N–H and O–H groups in total. The second-order valence-electron chi connectivity index (χ2n) is 5.25. The van der Waals surface area contributed by atoms with E-state index in [9.17, 15) is 0 Å². The Labute approximate surface area is 94.3 Å². The van der Waals surface area contributed by atoms with Gasteiger partial charge in [0.15, 0.2) is 0 Å². The molecule has 5 heteroatoms. The van der Waals surface area contributed by atoms with E-state index in [1.165, 1.54) is 0 Å². The molecule has 0 heterocycles. The lowest BCUT2D eigenvalue weighted by atomic mass is 9.77. The van der Waals surface area contributed by atoms with E-state index >= 15 is 0 Å². The highest BCUT2D eigenvalue weighted by Gasteiger charge is 2.29. The van der Waals surface area contributed by atoms with Gasteiger partial charge >= 0.3 is 7.12 Å². The van der Waals surface area contributed by atoms with Gasteiger partial charge in [0, 0.05) is 14.0 Å². The molecule has 0 aromatic rings. The van der Waals surface area contributed by atoms with Gasteiger partial charge in [-0.05, 0) is 18.3 Å². The summed E-state index contributed by atoms with van der Waals surface area (Å²) >= 11 is 0. The van der Waals surface area contributed by atoms with Crippen molar-refractivity contribution in [3.8, 4) is 6.07 Å². The van der Waals surface area contributed by atoms with Crippen molar-refractivity contribution in [1.82, 2.24) is 0 Å². The fourth-order valence-electron chi connectivity index (χ4n) is 1.93. The average Bonchev–Trinajstić information content (AvgIpc) is 2.09. The van der Waals surface area contributed by atoms with Crippen LogP contribution in [0.15, 0.2) is 0 Å². The Hall–Kier alpha value is -0.308. The third-order valence-electron chi connectivity index (χ3n) is 2.96. The third-order valence-corrected chi connectivity index (χ3v) is 6.06. The zero-order valence-electron chi connectivity index (χ0n) is 10.2. The van der Waals surface area contributed by atoms with E-state index in [1.807, 2.05) is 0 Å². The normalized spacial score (nSPS) is 15.5. The van der Waals surface area contributed by atoms with E-state index in [1.54, 1.807) is 0 Å². The van der Waals surface area contributed by atoms with Gasteiger partial charge in [0.1, 0.15) is 0 Å². The molecule has 0 aliphatic carbocycles. The number of rotatable bonds is 6. The Morgan fingerprint density at radius 1 is 1.33 bits per heavy atom. The Balaban J connectivity index is 4.33. The highest BCUT2D eigenvalue weighted by molar-refractivity contribution is 6.77. The van der Waals surface area contributed by atoms with E-state index in [0.717, 1.165) is 12.8 Å². The van der Waals surface area contributed by atoms with Crippen molar-refractivity contribution in [3.05, 3.63) is 0 Å². The minimum Gasteiger partial charge on any atom is -0.427 e. The lowest BCUT2D eigenvalue weighted by molar-refractivity contribution is 0.392. The summed E-state index contributed by atoms with van der Waals surface area (Å²) in [6.45, 7) is 9.04. The van der Waals surface area contributed by atoms with Gasteiger partial charge in [-0.2, -0.15) is 5.26 Å². The van der Waals surface area contributed by atoms with Crippen LogP contribution in [0.25, 0.3) is 0 Å². The third kappa shape index (κ3) is 5.98. The molecule has 0 saturated heterocycles. The zero-order chi connectivity index (χ0) is 12.1. The Morgan fingerprint density at radius 2 is 1.87 bits per heavy atom. The first-order chi connectivity index (χ1) is 6.81. The lowest BCUT2D eigenvalue weighted by Crippen LogP contribution is -2.30. The van der Waals surface area contributed by atoms with Gasteiger partial charge in [-0.1, -0.05) is 33.0 Å². The summed E-state index contributed by atoms with van der Waals surface area (Å²) in [6.07, 6.45) is 2.06. The van der Waals surface area contributed by atoms with Gasteiger partial charge in [0.05, 0.1) is 6.07 Å². The zero-order valence-corrected chi connectivity index (χ0v) is 11.2. The molecule has 2 atom stereocenters. The van der Waals surface area contributed by atoms with Gasteiger partial charge in [-0.3, -0.25) is 0 Å². The predicted molar refractivity (Wildman–Crippen MR) is 66.1 cm³/mol. The first kappa shape index (κ1) is 14.7. The highest BCUT2D eigenvalue weighted by atomic mass is 28.3. The summed E-state index contributed by atoms with van der Waals surface area (Å²) in [5, 5.41) is 26.6. The summed E-state index contributed by atoms with van der Waals surface area (Å²) in [6, 6.07) is 2.17. The molecule has 0 aromatic heterocycles. The Morgan fingerprint density at radius 3 is 2.13 bits per heavy atom. The molecule has 15 heavy (non-hydrogen) atoms. The lowest BCUT2D eigenvalue weighted by Gasteiger charge is -2.29. The standard InChI is InChI=1S/C10H22BNO2Si/c1-5-10(15(2,3)4)6-9(8-12)7-11(13)14/h9-10,13-14H,5-7H2,1-4H3. The van der Waals surface area contributed by atoms with Crippen molar-refractivity contribution in [2.45, 2.75) is 51.3 Å². The number of hydrogen-bond donors (Lipinski definition) is 2. The topological polar surface area (TPSA) is 64.2 Å². The van der Waals surface area contributed by atoms with Crippen LogP contribution < -0.4 is 0 Å². The molecule has 0 aliphatic rings. The Kier molecular flexibility index (Phi) is 6.18. The smallest absolute Gasteiger partial charge is 0.427 e.